The van der Waals surface area contributed by atoms with Crippen LogP contribution in [0.25, 0.3) is 0 Å². The molecule has 0 aromatic rings. The molecule has 1 aliphatic rings. The lowest BCUT2D eigenvalue weighted by molar-refractivity contribution is -0.134. The highest BCUT2D eigenvalue weighted by atomic mass is 16.4. The fourth-order valence-corrected chi connectivity index (χ4v) is 0.768. The predicted molar refractivity (Wildman–Crippen MR) is 46.5 cm³/mol. The van der Waals surface area contributed by atoms with Gasteiger partial charge < -0.3 is 15.5 Å². The third-order valence-corrected chi connectivity index (χ3v) is 1.33. The SMILES string of the molecule is C1CCNC1.O=C(O)/C=C\C(=O)O. The van der Waals surface area contributed by atoms with Crippen LogP contribution in [0.5, 0.6) is 0 Å². The molecule has 0 bridgehead atoms. The molecule has 1 fully saturated rings. The van der Waals surface area contributed by atoms with Crippen LogP contribution in [0.4, 0.5) is 0 Å². The van der Waals surface area contributed by atoms with Crippen LogP contribution >= 0.6 is 0 Å². The first-order valence-electron chi connectivity index (χ1n) is 3.97. The first-order chi connectivity index (χ1) is 6.13. The van der Waals surface area contributed by atoms with Crippen LogP contribution in [0.3, 0.4) is 0 Å². The largest absolute Gasteiger partial charge is 0.478 e. The van der Waals surface area contributed by atoms with Crippen LogP contribution in [0, 0.1) is 0 Å². The van der Waals surface area contributed by atoms with E-state index in [1.165, 1.54) is 25.9 Å². The van der Waals surface area contributed by atoms with Crippen molar-refractivity contribution in [1.29, 1.82) is 0 Å². The third kappa shape index (κ3) is 10.6. The molecule has 0 radical (unpaired) electrons. The monoisotopic (exact) mass is 187 g/mol. The van der Waals surface area contributed by atoms with Crippen molar-refractivity contribution in [3.63, 3.8) is 0 Å². The average Bonchev–Trinajstić information content (AvgIpc) is 2.57. The number of aliphatic carboxylic acids is 2. The molecule has 0 spiro atoms. The topological polar surface area (TPSA) is 86.6 Å². The van der Waals surface area contributed by atoms with Crippen molar-refractivity contribution < 1.29 is 19.8 Å². The molecule has 0 aromatic carbocycles. The number of rotatable bonds is 2. The van der Waals surface area contributed by atoms with Gasteiger partial charge in [-0.3, -0.25) is 0 Å². The van der Waals surface area contributed by atoms with Crippen molar-refractivity contribution in [2.24, 2.45) is 0 Å². The fourth-order valence-electron chi connectivity index (χ4n) is 0.768. The molecular formula is C8H13NO4. The van der Waals surface area contributed by atoms with Crippen LogP contribution in [-0.2, 0) is 9.59 Å². The summed E-state index contributed by atoms with van der Waals surface area (Å²) in [6, 6.07) is 0. The van der Waals surface area contributed by atoms with Crippen molar-refractivity contribution >= 4 is 11.9 Å². The lowest BCUT2D eigenvalue weighted by Crippen LogP contribution is -2.03. The first kappa shape index (κ1) is 11.6. The first-order valence-corrected chi connectivity index (χ1v) is 3.97. The molecule has 5 nitrogen and oxygen atoms in total. The van der Waals surface area contributed by atoms with Gasteiger partial charge in [-0.05, 0) is 25.9 Å². The molecule has 0 aliphatic carbocycles. The Balaban J connectivity index is 0.000000243. The van der Waals surface area contributed by atoms with Gasteiger partial charge in [0.05, 0.1) is 0 Å². The van der Waals surface area contributed by atoms with E-state index in [-0.39, 0.29) is 0 Å². The van der Waals surface area contributed by atoms with Crippen molar-refractivity contribution in [2.75, 3.05) is 13.1 Å². The Bertz CT molecular complexity index is 173. The molecule has 74 valence electrons. The molecule has 0 unspecified atom stereocenters. The second-order valence-corrected chi connectivity index (χ2v) is 2.47. The molecule has 5 heteroatoms. The van der Waals surface area contributed by atoms with Gasteiger partial charge >= 0.3 is 11.9 Å². The zero-order valence-electron chi connectivity index (χ0n) is 7.19. The maximum atomic E-state index is 9.55. The van der Waals surface area contributed by atoms with E-state index in [0.29, 0.717) is 12.2 Å². The second-order valence-electron chi connectivity index (χ2n) is 2.47. The Morgan fingerprint density at radius 1 is 1.00 bits per heavy atom. The summed E-state index contributed by atoms with van der Waals surface area (Å²) >= 11 is 0. The van der Waals surface area contributed by atoms with Gasteiger partial charge in [-0.15, -0.1) is 0 Å². The van der Waals surface area contributed by atoms with Crippen LogP contribution in [0.1, 0.15) is 12.8 Å². The van der Waals surface area contributed by atoms with Crippen molar-refractivity contribution in [1.82, 2.24) is 5.32 Å². The number of carboxylic acid groups (broad SMARTS) is 2. The van der Waals surface area contributed by atoms with Crippen LogP contribution in [-0.4, -0.2) is 35.2 Å². The summed E-state index contributed by atoms with van der Waals surface area (Å²) in [5.74, 6) is -2.51. The summed E-state index contributed by atoms with van der Waals surface area (Å²) < 4.78 is 0. The Morgan fingerprint density at radius 2 is 1.38 bits per heavy atom. The highest BCUT2D eigenvalue weighted by Gasteiger charge is 1.93. The number of hydrogen-bond donors (Lipinski definition) is 3. The zero-order chi connectivity index (χ0) is 10.1. The van der Waals surface area contributed by atoms with Gasteiger partial charge in [-0.25, -0.2) is 9.59 Å². The summed E-state index contributed by atoms with van der Waals surface area (Å²) in [6.45, 7) is 2.50. The molecular weight excluding hydrogens is 174 g/mol. The summed E-state index contributed by atoms with van der Waals surface area (Å²) in [6.07, 6.45) is 3.89. The molecule has 1 heterocycles. The number of carbonyl (C=O) groups is 2. The molecule has 3 N–H and O–H groups in total. The Kier molecular flexibility index (Phi) is 6.53. The van der Waals surface area contributed by atoms with Crippen molar-refractivity contribution in [3.05, 3.63) is 12.2 Å². The van der Waals surface area contributed by atoms with Gasteiger partial charge in [0.15, 0.2) is 0 Å². The zero-order valence-corrected chi connectivity index (χ0v) is 7.19. The summed E-state index contributed by atoms with van der Waals surface area (Å²) in [5.41, 5.74) is 0. The molecule has 0 saturated carbocycles. The number of hydrogen-bond acceptors (Lipinski definition) is 3. The Labute approximate surface area is 76.1 Å². The van der Waals surface area contributed by atoms with Crippen molar-refractivity contribution in [3.8, 4) is 0 Å². The minimum Gasteiger partial charge on any atom is -0.478 e. The van der Waals surface area contributed by atoms with Gasteiger partial charge in [0.1, 0.15) is 0 Å². The molecule has 0 amide bonds. The van der Waals surface area contributed by atoms with E-state index < -0.39 is 11.9 Å². The molecule has 0 aromatic heterocycles. The minimum absolute atomic E-state index is 0.558. The van der Waals surface area contributed by atoms with Crippen molar-refractivity contribution in [2.45, 2.75) is 12.8 Å². The normalized spacial score (nSPS) is 15.1. The van der Waals surface area contributed by atoms with Crippen LogP contribution in [0.15, 0.2) is 12.2 Å². The lowest BCUT2D eigenvalue weighted by Gasteiger charge is -1.76. The van der Waals surface area contributed by atoms with E-state index in [1.54, 1.807) is 0 Å². The van der Waals surface area contributed by atoms with E-state index in [9.17, 15) is 9.59 Å². The average molecular weight is 187 g/mol. The maximum absolute atomic E-state index is 9.55. The van der Waals surface area contributed by atoms with Gasteiger partial charge in [0.25, 0.3) is 0 Å². The third-order valence-electron chi connectivity index (χ3n) is 1.33. The summed E-state index contributed by atoms with van der Waals surface area (Å²) in [5, 5.41) is 18.8. The van der Waals surface area contributed by atoms with E-state index in [2.05, 4.69) is 5.32 Å². The minimum atomic E-state index is -1.26. The molecule has 13 heavy (non-hydrogen) atoms. The predicted octanol–water partition coefficient (Wildman–Crippen LogP) is 0.0816. The second kappa shape index (κ2) is 7.30. The Hall–Kier alpha value is -1.36. The quantitative estimate of drug-likeness (QED) is 0.533. The van der Waals surface area contributed by atoms with Gasteiger partial charge in [0.2, 0.25) is 0 Å². The van der Waals surface area contributed by atoms with E-state index in [1.807, 2.05) is 0 Å². The molecule has 1 aliphatic heterocycles. The standard InChI is InChI=1S/C4H9N.C4H4O4/c1-2-4-5-3-1;5-3(6)1-2-4(7)8/h5H,1-4H2;1-2H,(H,5,6)(H,7,8)/b;2-1-. The molecule has 0 atom stereocenters. The Morgan fingerprint density at radius 3 is 1.54 bits per heavy atom. The molecule has 1 saturated heterocycles. The highest BCUT2D eigenvalue weighted by molar-refractivity contribution is 5.89. The summed E-state index contributed by atoms with van der Waals surface area (Å²) in [7, 11) is 0. The van der Waals surface area contributed by atoms with Gasteiger partial charge in [-0.1, -0.05) is 0 Å². The smallest absolute Gasteiger partial charge is 0.328 e. The van der Waals surface area contributed by atoms with Crippen LogP contribution in [0.2, 0.25) is 0 Å². The number of nitrogens with one attached hydrogen (secondary N) is 1. The lowest BCUT2D eigenvalue weighted by atomic mass is 10.4. The number of carboxylic acids is 2. The molecule has 1 rings (SSSR count). The van der Waals surface area contributed by atoms with Crippen LogP contribution < -0.4 is 5.32 Å². The van der Waals surface area contributed by atoms with E-state index in [4.69, 9.17) is 10.2 Å². The fraction of sp³-hybridized carbons (Fsp3) is 0.500. The van der Waals surface area contributed by atoms with Gasteiger partial charge in [-0.2, -0.15) is 0 Å². The highest BCUT2D eigenvalue weighted by Crippen LogP contribution is 1.90. The summed E-state index contributed by atoms with van der Waals surface area (Å²) in [4.78, 5) is 19.1. The van der Waals surface area contributed by atoms with Gasteiger partial charge in [0, 0.05) is 12.2 Å². The maximum Gasteiger partial charge on any atom is 0.328 e. The van der Waals surface area contributed by atoms with E-state index in [0.717, 1.165) is 0 Å². The van der Waals surface area contributed by atoms with E-state index >= 15 is 0 Å².